The number of benzene rings is 1. The summed E-state index contributed by atoms with van der Waals surface area (Å²) in [6.45, 7) is 4.21. The number of hydrogen-bond donors (Lipinski definition) is 1. The fourth-order valence-corrected chi connectivity index (χ4v) is 2.08. The Balaban J connectivity index is 2.46. The Morgan fingerprint density at radius 1 is 1.35 bits per heavy atom. The van der Waals surface area contributed by atoms with Crippen LogP contribution in [0, 0.1) is 0 Å². The molecule has 0 spiro atoms. The molecule has 1 rings (SSSR count). The van der Waals surface area contributed by atoms with E-state index in [2.05, 4.69) is 6.92 Å². The Hall–Kier alpha value is -0.970. The highest BCUT2D eigenvalue weighted by atomic mass is 35.5. The van der Waals surface area contributed by atoms with E-state index in [1.165, 1.54) is 0 Å². The van der Waals surface area contributed by atoms with Crippen LogP contribution in [-0.2, 0) is 4.79 Å². The Morgan fingerprint density at radius 3 is 2.75 bits per heavy atom. The Labute approximate surface area is 129 Å². The molecule has 1 amide bonds. The van der Waals surface area contributed by atoms with Gasteiger partial charge in [0.1, 0.15) is 12.4 Å². The van der Waals surface area contributed by atoms with Crippen LogP contribution >= 0.6 is 23.2 Å². The van der Waals surface area contributed by atoms with Gasteiger partial charge in [-0.1, -0.05) is 36.5 Å². The number of rotatable bonds is 9. The molecule has 0 aromatic heterocycles. The quantitative estimate of drug-likeness (QED) is 0.761. The first-order valence-electron chi connectivity index (χ1n) is 6.61. The van der Waals surface area contributed by atoms with E-state index >= 15 is 0 Å². The van der Waals surface area contributed by atoms with Gasteiger partial charge in [-0.3, -0.25) is 9.69 Å². The minimum Gasteiger partial charge on any atom is -0.491 e. The van der Waals surface area contributed by atoms with E-state index in [-0.39, 0.29) is 12.5 Å². The molecule has 0 fully saturated rings. The van der Waals surface area contributed by atoms with Crippen molar-refractivity contribution < 1.29 is 9.53 Å². The van der Waals surface area contributed by atoms with E-state index in [1.54, 1.807) is 18.2 Å². The molecule has 0 radical (unpaired) electrons. The normalized spacial score (nSPS) is 10.8. The van der Waals surface area contributed by atoms with Crippen molar-refractivity contribution in [2.45, 2.75) is 19.8 Å². The Bertz CT molecular complexity index is 441. The monoisotopic (exact) mass is 318 g/mol. The molecule has 6 heteroatoms. The molecule has 20 heavy (non-hydrogen) atoms. The van der Waals surface area contributed by atoms with Gasteiger partial charge in [-0.15, -0.1) is 0 Å². The number of carbonyl (C=O) groups is 1. The number of nitrogens with two attached hydrogens (primary N) is 1. The van der Waals surface area contributed by atoms with Crippen molar-refractivity contribution in [3.05, 3.63) is 28.2 Å². The summed E-state index contributed by atoms with van der Waals surface area (Å²) in [5.74, 6) is 0.218. The standard InChI is InChI=1S/C14H20Cl2N2O2/c1-2-3-6-18(10-14(17)19)7-8-20-13-9-11(15)4-5-12(13)16/h4-5,9H,2-3,6-8,10H2,1H3,(H2,17,19). The third-order valence-electron chi connectivity index (χ3n) is 2.77. The maximum Gasteiger partial charge on any atom is 0.231 e. The number of hydrogen-bond acceptors (Lipinski definition) is 3. The molecular formula is C14H20Cl2N2O2. The second kappa shape index (κ2) is 9.06. The van der Waals surface area contributed by atoms with Gasteiger partial charge in [0.2, 0.25) is 5.91 Å². The summed E-state index contributed by atoms with van der Waals surface area (Å²) in [5, 5.41) is 1.09. The van der Waals surface area contributed by atoms with Gasteiger partial charge in [-0.2, -0.15) is 0 Å². The fraction of sp³-hybridized carbons (Fsp3) is 0.500. The SMILES string of the molecule is CCCCN(CCOc1cc(Cl)ccc1Cl)CC(N)=O. The van der Waals surface area contributed by atoms with Crippen molar-refractivity contribution in [3.8, 4) is 5.75 Å². The third-order valence-corrected chi connectivity index (χ3v) is 3.31. The summed E-state index contributed by atoms with van der Waals surface area (Å²) in [7, 11) is 0. The van der Waals surface area contributed by atoms with Gasteiger partial charge in [0, 0.05) is 17.6 Å². The van der Waals surface area contributed by atoms with Crippen LogP contribution in [0.2, 0.25) is 10.0 Å². The van der Waals surface area contributed by atoms with E-state index in [4.69, 9.17) is 33.7 Å². The van der Waals surface area contributed by atoms with Gasteiger partial charge in [0.25, 0.3) is 0 Å². The van der Waals surface area contributed by atoms with E-state index in [1.807, 2.05) is 4.90 Å². The van der Waals surface area contributed by atoms with Crippen LogP contribution in [0.3, 0.4) is 0 Å². The summed E-state index contributed by atoms with van der Waals surface area (Å²) in [6.07, 6.45) is 2.08. The first-order valence-corrected chi connectivity index (χ1v) is 7.37. The Kier molecular flexibility index (Phi) is 7.73. The van der Waals surface area contributed by atoms with Crippen molar-refractivity contribution in [1.82, 2.24) is 4.90 Å². The van der Waals surface area contributed by atoms with Gasteiger partial charge >= 0.3 is 0 Å². The number of amides is 1. The molecule has 0 saturated heterocycles. The summed E-state index contributed by atoms with van der Waals surface area (Å²) in [6, 6.07) is 5.07. The summed E-state index contributed by atoms with van der Waals surface area (Å²) >= 11 is 11.9. The van der Waals surface area contributed by atoms with Crippen molar-refractivity contribution in [3.63, 3.8) is 0 Å². The number of carbonyl (C=O) groups excluding carboxylic acids is 1. The molecule has 1 aromatic carbocycles. The number of unbranched alkanes of at least 4 members (excludes halogenated alkanes) is 1. The van der Waals surface area contributed by atoms with E-state index < -0.39 is 0 Å². The number of nitrogens with zero attached hydrogens (tertiary/aromatic N) is 1. The summed E-state index contributed by atoms with van der Waals surface area (Å²) in [5.41, 5.74) is 5.23. The second-order valence-electron chi connectivity index (χ2n) is 4.52. The number of primary amides is 1. The predicted molar refractivity (Wildman–Crippen MR) is 82.5 cm³/mol. The van der Waals surface area contributed by atoms with E-state index in [0.29, 0.717) is 28.9 Å². The molecule has 0 heterocycles. The number of halogens is 2. The molecule has 0 unspecified atom stereocenters. The van der Waals surface area contributed by atoms with Crippen LogP contribution in [-0.4, -0.2) is 37.0 Å². The predicted octanol–water partition coefficient (Wildman–Crippen LogP) is 2.96. The second-order valence-corrected chi connectivity index (χ2v) is 5.36. The van der Waals surface area contributed by atoms with Gasteiger partial charge < -0.3 is 10.5 Å². The first-order chi connectivity index (χ1) is 9.52. The lowest BCUT2D eigenvalue weighted by molar-refractivity contribution is -0.119. The average molecular weight is 319 g/mol. The highest BCUT2D eigenvalue weighted by molar-refractivity contribution is 6.34. The summed E-state index contributed by atoms with van der Waals surface area (Å²) in [4.78, 5) is 13.0. The molecule has 112 valence electrons. The topological polar surface area (TPSA) is 55.6 Å². The van der Waals surface area contributed by atoms with Crippen LogP contribution < -0.4 is 10.5 Å². The average Bonchev–Trinajstić information content (AvgIpc) is 2.39. The highest BCUT2D eigenvalue weighted by Gasteiger charge is 2.09. The van der Waals surface area contributed by atoms with Gasteiger partial charge in [-0.05, 0) is 25.1 Å². The smallest absolute Gasteiger partial charge is 0.231 e. The van der Waals surface area contributed by atoms with Gasteiger partial charge in [-0.25, -0.2) is 0 Å². The zero-order chi connectivity index (χ0) is 15.0. The minimum atomic E-state index is -0.332. The lowest BCUT2D eigenvalue weighted by Crippen LogP contribution is -2.37. The molecule has 0 saturated carbocycles. The first kappa shape index (κ1) is 17.1. The largest absolute Gasteiger partial charge is 0.491 e. The molecule has 4 nitrogen and oxygen atoms in total. The van der Waals surface area contributed by atoms with Crippen molar-refractivity contribution in [2.75, 3.05) is 26.2 Å². The van der Waals surface area contributed by atoms with Crippen LogP contribution in [0.1, 0.15) is 19.8 Å². The highest BCUT2D eigenvalue weighted by Crippen LogP contribution is 2.27. The Morgan fingerprint density at radius 2 is 2.10 bits per heavy atom. The van der Waals surface area contributed by atoms with Crippen LogP contribution in [0.25, 0.3) is 0 Å². The van der Waals surface area contributed by atoms with Gasteiger partial charge in [0.15, 0.2) is 0 Å². The lowest BCUT2D eigenvalue weighted by Gasteiger charge is -2.20. The minimum absolute atomic E-state index is 0.243. The van der Waals surface area contributed by atoms with Crippen LogP contribution in [0.15, 0.2) is 18.2 Å². The zero-order valence-corrected chi connectivity index (χ0v) is 13.1. The number of ether oxygens (including phenoxy) is 1. The zero-order valence-electron chi connectivity index (χ0n) is 11.6. The maximum absolute atomic E-state index is 11.0. The molecule has 0 aliphatic heterocycles. The van der Waals surface area contributed by atoms with E-state index in [9.17, 15) is 4.79 Å². The fourth-order valence-electron chi connectivity index (χ4n) is 1.74. The molecular weight excluding hydrogens is 299 g/mol. The van der Waals surface area contributed by atoms with Crippen molar-refractivity contribution >= 4 is 29.1 Å². The molecule has 0 aliphatic carbocycles. The van der Waals surface area contributed by atoms with Crippen molar-refractivity contribution in [2.24, 2.45) is 5.73 Å². The molecule has 0 atom stereocenters. The lowest BCUT2D eigenvalue weighted by atomic mass is 10.3. The third kappa shape index (κ3) is 6.46. The van der Waals surface area contributed by atoms with Crippen LogP contribution in [0.5, 0.6) is 5.75 Å². The summed E-state index contributed by atoms with van der Waals surface area (Å²) < 4.78 is 5.60. The molecule has 0 bridgehead atoms. The van der Waals surface area contributed by atoms with Gasteiger partial charge in [0.05, 0.1) is 11.6 Å². The van der Waals surface area contributed by atoms with E-state index in [0.717, 1.165) is 19.4 Å². The van der Waals surface area contributed by atoms with Crippen LogP contribution in [0.4, 0.5) is 0 Å². The maximum atomic E-state index is 11.0. The molecule has 2 N–H and O–H groups in total. The molecule has 0 aliphatic rings. The molecule has 1 aromatic rings. The van der Waals surface area contributed by atoms with Crippen molar-refractivity contribution in [1.29, 1.82) is 0 Å².